The van der Waals surface area contributed by atoms with Gasteiger partial charge in [-0.2, -0.15) is 5.11 Å². The average Bonchev–Trinajstić information content (AvgIpc) is 2.75. The van der Waals surface area contributed by atoms with E-state index in [4.69, 9.17) is 9.47 Å². The molecule has 1 N–H and O–H groups in total. The normalized spacial score (nSPS) is 14.8. The van der Waals surface area contributed by atoms with Gasteiger partial charge in [0.15, 0.2) is 23.0 Å². The summed E-state index contributed by atoms with van der Waals surface area (Å²) in [5, 5.41) is 16.9. The first-order valence-corrected chi connectivity index (χ1v) is 5.30. The first-order valence-electron chi connectivity index (χ1n) is 5.30. The zero-order valence-electron chi connectivity index (χ0n) is 10.0. The van der Waals surface area contributed by atoms with Crippen molar-refractivity contribution < 1.29 is 19.4 Å². The molecule has 0 amide bonds. The predicted octanol–water partition coefficient (Wildman–Crippen LogP) is 2.88. The number of azo groups is 1. The van der Waals surface area contributed by atoms with Crippen molar-refractivity contribution in [1.82, 2.24) is 0 Å². The van der Waals surface area contributed by atoms with Gasteiger partial charge in [-0.05, 0) is 19.1 Å². The van der Waals surface area contributed by atoms with Crippen molar-refractivity contribution in [1.29, 1.82) is 0 Å². The van der Waals surface area contributed by atoms with Gasteiger partial charge in [0.25, 0.3) is 0 Å². The number of aliphatic hydroxyl groups is 1. The highest BCUT2D eigenvalue weighted by molar-refractivity contribution is 5.93. The Labute approximate surface area is 104 Å². The molecule has 0 aliphatic carbocycles. The fourth-order valence-corrected chi connectivity index (χ4v) is 1.45. The van der Waals surface area contributed by atoms with Gasteiger partial charge in [-0.15, -0.1) is 5.11 Å². The van der Waals surface area contributed by atoms with E-state index < -0.39 is 0 Å². The summed E-state index contributed by atoms with van der Waals surface area (Å²) in [7, 11) is 0. The summed E-state index contributed by atoms with van der Waals surface area (Å²) in [6.07, 6.45) is 0. The molecule has 0 atom stereocenters. The molecule has 0 saturated carbocycles. The Bertz CT molecular complexity index is 545. The highest BCUT2D eigenvalue weighted by Crippen LogP contribution is 2.35. The van der Waals surface area contributed by atoms with E-state index in [1.54, 1.807) is 18.2 Å². The molecule has 0 bridgehead atoms. The van der Waals surface area contributed by atoms with Crippen molar-refractivity contribution in [3.63, 3.8) is 0 Å². The Hall–Kier alpha value is -2.37. The highest BCUT2D eigenvalue weighted by atomic mass is 16.7. The molecule has 0 aromatic heterocycles. The van der Waals surface area contributed by atoms with Gasteiger partial charge in [0.2, 0.25) is 6.79 Å². The van der Waals surface area contributed by atoms with E-state index in [1.165, 1.54) is 13.8 Å². The monoisotopic (exact) mass is 248 g/mol. The first kappa shape index (κ1) is 12.1. The number of rotatable bonds is 3. The Morgan fingerprint density at radius 3 is 2.67 bits per heavy atom. The second-order valence-corrected chi connectivity index (χ2v) is 3.73. The highest BCUT2D eigenvalue weighted by Gasteiger charge is 2.13. The minimum Gasteiger partial charge on any atom is -0.510 e. The van der Waals surface area contributed by atoms with E-state index in [-0.39, 0.29) is 24.0 Å². The summed E-state index contributed by atoms with van der Waals surface area (Å²) in [4.78, 5) is 11.2. The predicted molar refractivity (Wildman–Crippen MR) is 63.1 cm³/mol. The van der Waals surface area contributed by atoms with Gasteiger partial charge in [0.1, 0.15) is 5.76 Å². The molecule has 1 aromatic rings. The molecule has 0 saturated heterocycles. The average molecular weight is 248 g/mol. The van der Waals surface area contributed by atoms with Crippen molar-refractivity contribution in [2.75, 3.05) is 6.79 Å². The van der Waals surface area contributed by atoms with Gasteiger partial charge in [-0.3, -0.25) is 4.79 Å². The Morgan fingerprint density at radius 1 is 1.28 bits per heavy atom. The third-order valence-corrected chi connectivity index (χ3v) is 2.30. The maximum atomic E-state index is 11.2. The minimum atomic E-state index is -0.348. The molecule has 0 unspecified atom stereocenters. The molecule has 1 aliphatic rings. The molecular weight excluding hydrogens is 236 g/mol. The van der Waals surface area contributed by atoms with Gasteiger partial charge in [-0.1, -0.05) is 0 Å². The van der Waals surface area contributed by atoms with Crippen LogP contribution in [0.5, 0.6) is 11.5 Å². The van der Waals surface area contributed by atoms with Crippen LogP contribution in [0.4, 0.5) is 5.69 Å². The number of ketones is 1. The second-order valence-electron chi connectivity index (χ2n) is 3.73. The number of carbonyl (C=O) groups is 1. The lowest BCUT2D eigenvalue weighted by Gasteiger charge is -1.98. The zero-order valence-corrected chi connectivity index (χ0v) is 10.0. The molecule has 1 aliphatic heterocycles. The molecule has 1 aromatic carbocycles. The van der Waals surface area contributed by atoms with Crippen molar-refractivity contribution in [3.05, 3.63) is 29.7 Å². The van der Waals surface area contributed by atoms with Crippen molar-refractivity contribution in [3.8, 4) is 11.5 Å². The summed E-state index contributed by atoms with van der Waals surface area (Å²) in [6.45, 7) is 2.88. The minimum absolute atomic E-state index is 0.0623. The third kappa shape index (κ3) is 2.48. The van der Waals surface area contributed by atoms with E-state index in [9.17, 15) is 9.90 Å². The van der Waals surface area contributed by atoms with Gasteiger partial charge in [0, 0.05) is 13.0 Å². The van der Waals surface area contributed by atoms with Crippen LogP contribution in [-0.2, 0) is 4.79 Å². The van der Waals surface area contributed by atoms with Crippen LogP contribution >= 0.6 is 0 Å². The summed E-state index contributed by atoms with van der Waals surface area (Å²) >= 11 is 0. The molecule has 0 fully saturated rings. The molecular formula is C12H12N2O4. The maximum absolute atomic E-state index is 11.2. The Kier molecular flexibility index (Phi) is 3.27. The van der Waals surface area contributed by atoms with Crippen LogP contribution < -0.4 is 9.47 Å². The zero-order chi connectivity index (χ0) is 13.1. The van der Waals surface area contributed by atoms with Crippen molar-refractivity contribution in [2.45, 2.75) is 13.8 Å². The first-order chi connectivity index (χ1) is 8.58. The molecule has 1 heterocycles. The van der Waals surface area contributed by atoms with E-state index in [0.717, 1.165) is 0 Å². The van der Waals surface area contributed by atoms with Crippen LogP contribution in [0.2, 0.25) is 0 Å². The number of nitrogens with zero attached hydrogens (tertiary/aromatic N) is 2. The number of ether oxygens (including phenoxy) is 2. The number of Topliss-reactive ketones (excluding diaryl/α,β-unsaturated/α-hetero) is 1. The van der Waals surface area contributed by atoms with Crippen LogP contribution in [0.25, 0.3) is 0 Å². The van der Waals surface area contributed by atoms with Crippen LogP contribution in [0, 0.1) is 0 Å². The van der Waals surface area contributed by atoms with Crippen molar-refractivity contribution in [2.24, 2.45) is 10.2 Å². The van der Waals surface area contributed by atoms with Crippen molar-refractivity contribution >= 4 is 11.5 Å². The second kappa shape index (κ2) is 4.87. The number of hydrogen-bond donors (Lipinski definition) is 1. The summed E-state index contributed by atoms with van der Waals surface area (Å²) in [5.41, 5.74) is 0.451. The van der Waals surface area contributed by atoms with Crippen LogP contribution in [0.1, 0.15) is 13.8 Å². The Morgan fingerprint density at radius 2 is 2.00 bits per heavy atom. The number of benzene rings is 1. The largest absolute Gasteiger partial charge is 0.510 e. The van der Waals surface area contributed by atoms with E-state index >= 15 is 0 Å². The lowest BCUT2D eigenvalue weighted by Crippen LogP contribution is -1.96. The SMILES string of the molecule is CC(=O)/C(N=Nc1ccc2c(c1)OCO2)=C(/C)O. The standard InChI is InChI=1S/C12H12N2O4/c1-7(15)12(8(2)16)14-13-9-3-4-10-11(5-9)18-6-17-10/h3-5,15H,6H2,1-2H3/b12-7+,14-13?. The maximum Gasteiger partial charge on any atom is 0.231 e. The lowest BCUT2D eigenvalue weighted by atomic mass is 10.3. The third-order valence-electron chi connectivity index (χ3n) is 2.30. The van der Waals surface area contributed by atoms with Gasteiger partial charge < -0.3 is 14.6 Å². The van der Waals surface area contributed by atoms with E-state index in [0.29, 0.717) is 17.2 Å². The lowest BCUT2D eigenvalue weighted by molar-refractivity contribution is -0.113. The number of aliphatic hydroxyl groups excluding tert-OH is 1. The summed E-state index contributed by atoms with van der Waals surface area (Å²) in [6, 6.07) is 5.04. The van der Waals surface area contributed by atoms with E-state index in [2.05, 4.69) is 10.2 Å². The molecule has 6 heteroatoms. The molecule has 18 heavy (non-hydrogen) atoms. The molecule has 0 spiro atoms. The van der Waals surface area contributed by atoms with Crippen LogP contribution in [0.3, 0.4) is 0 Å². The number of hydrogen-bond acceptors (Lipinski definition) is 6. The van der Waals surface area contributed by atoms with Gasteiger partial charge >= 0.3 is 0 Å². The Balaban J connectivity index is 2.24. The van der Waals surface area contributed by atoms with Gasteiger partial charge in [-0.25, -0.2) is 0 Å². The molecule has 6 nitrogen and oxygen atoms in total. The molecule has 94 valence electrons. The molecule has 0 radical (unpaired) electrons. The van der Waals surface area contributed by atoms with Gasteiger partial charge in [0.05, 0.1) is 5.69 Å². The number of allylic oxidation sites excluding steroid dienone is 2. The fourth-order valence-electron chi connectivity index (χ4n) is 1.45. The van der Waals surface area contributed by atoms with E-state index in [1.807, 2.05) is 0 Å². The summed E-state index contributed by atoms with van der Waals surface area (Å²) in [5.74, 6) is 0.724. The van der Waals surface area contributed by atoms with Crippen LogP contribution in [-0.4, -0.2) is 17.7 Å². The van der Waals surface area contributed by atoms with Crippen LogP contribution in [0.15, 0.2) is 39.9 Å². The fraction of sp³-hybridized carbons (Fsp3) is 0.250. The topological polar surface area (TPSA) is 80.5 Å². The number of carbonyl (C=O) groups excluding carboxylic acids is 1. The molecule has 2 rings (SSSR count). The summed E-state index contributed by atoms with van der Waals surface area (Å²) < 4.78 is 10.3. The number of fused-ring (bicyclic) bond motifs is 1. The smallest absolute Gasteiger partial charge is 0.231 e. The quantitative estimate of drug-likeness (QED) is 0.506.